The fourth-order valence-corrected chi connectivity index (χ4v) is 12.0. The van der Waals surface area contributed by atoms with Crippen molar-refractivity contribution >= 4 is 34.4 Å². The van der Waals surface area contributed by atoms with Gasteiger partial charge in [-0.3, -0.25) is 19.0 Å². The molecule has 2 fully saturated rings. The van der Waals surface area contributed by atoms with E-state index in [2.05, 4.69) is 26.6 Å². The van der Waals surface area contributed by atoms with Gasteiger partial charge in [0.25, 0.3) is 0 Å². The highest BCUT2D eigenvalue weighted by molar-refractivity contribution is 8.72. The van der Waals surface area contributed by atoms with E-state index in [1.807, 2.05) is 24.3 Å². The summed E-state index contributed by atoms with van der Waals surface area (Å²) in [6.07, 6.45) is 14.5. The first kappa shape index (κ1) is 36.7. The van der Waals surface area contributed by atoms with E-state index in [-0.39, 0.29) is 11.5 Å². The largest absolute Gasteiger partial charge is 0.494 e. The van der Waals surface area contributed by atoms with Gasteiger partial charge in [0.15, 0.2) is 0 Å². The molecule has 2 saturated heterocycles. The van der Waals surface area contributed by atoms with Crippen LogP contribution in [0.3, 0.4) is 0 Å². The number of para-hydroxylation sites is 1. The SMILES string of the molecule is CCCCCCCCCCOc1ccc(S(=O)(=O)[SH](C)(=O)c2cnc3ccccc3c2N2CCC(N3CCN(CCO)CC3)CC2)cc1. The Hall–Kier alpha value is -2.57. The highest BCUT2D eigenvalue weighted by atomic mass is 33.2. The summed E-state index contributed by atoms with van der Waals surface area (Å²) < 4.78 is 48.8. The second kappa shape index (κ2) is 17.4. The molecule has 0 atom stereocenters. The number of nitrogens with zero attached hydrogens (tertiary/aromatic N) is 4. The zero-order valence-electron chi connectivity index (χ0n) is 28.9. The molecule has 2 aliphatic heterocycles. The van der Waals surface area contributed by atoms with Gasteiger partial charge in [0.1, 0.15) is 5.75 Å². The minimum absolute atomic E-state index is 0.0333. The molecule has 0 amide bonds. The Balaban J connectivity index is 1.27. The van der Waals surface area contributed by atoms with Crippen molar-refractivity contribution in [2.75, 3.05) is 70.2 Å². The van der Waals surface area contributed by atoms with E-state index in [9.17, 15) is 17.7 Å². The van der Waals surface area contributed by atoms with Crippen molar-refractivity contribution < 1.29 is 22.5 Å². The van der Waals surface area contributed by atoms with Gasteiger partial charge in [-0.2, -0.15) is 0 Å². The summed E-state index contributed by atoms with van der Waals surface area (Å²) in [6.45, 7) is 9.12. The number of piperazine rings is 1. The van der Waals surface area contributed by atoms with E-state index in [1.165, 1.54) is 63.1 Å². The Morgan fingerprint density at radius 1 is 0.875 bits per heavy atom. The van der Waals surface area contributed by atoms with Gasteiger partial charge < -0.3 is 14.7 Å². The average molecular weight is 701 g/mol. The lowest BCUT2D eigenvalue weighted by molar-refractivity contribution is 0.0747. The standard InChI is InChI=1S/C37H56N4O5S2/c1-3-4-5-6-7-8-9-12-29-46-32-15-17-33(18-16-32)48(44,45)47(2,43)36-30-38-35-14-11-10-13-34(35)37(36)41-21-19-31(20-22-41)40-25-23-39(24-26-40)27-28-42/h10-11,13-18,30-31,42,47H,3-9,12,19-29H2,1-2H3. The minimum Gasteiger partial charge on any atom is -0.494 e. The average Bonchev–Trinajstić information content (AvgIpc) is 3.11. The van der Waals surface area contributed by atoms with Crippen LogP contribution in [-0.4, -0.2) is 104 Å². The number of aliphatic hydroxyl groups excluding tert-OH is 1. The highest BCUT2D eigenvalue weighted by Gasteiger charge is 2.36. The van der Waals surface area contributed by atoms with Crippen LogP contribution in [0.15, 0.2) is 64.5 Å². The summed E-state index contributed by atoms with van der Waals surface area (Å²) in [6, 6.07) is 14.6. The molecule has 5 rings (SSSR count). The van der Waals surface area contributed by atoms with E-state index in [4.69, 9.17) is 4.74 Å². The van der Waals surface area contributed by atoms with Crippen LogP contribution in [0.5, 0.6) is 5.75 Å². The molecule has 0 bridgehead atoms. The number of β-amino-alcohol motifs (C(OH)–C–C–N with tert-alkyl or cyclic N) is 1. The molecule has 1 N–H and O–H groups in total. The van der Waals surface area contributed by atoms with Crippen LogP contribution in [0.2, 0.25) is 0 Å². The summed E-state index contributed by atoms with van der Waals surface area (Å²) >= 11 is 0. The monoisotopic (exact) mass is 700 g/mol. The van der Waals surface area contributed by atoms with Crippen molar-refractivity contribution in [3.63, 3.8) is 0 Å². The minimum atomic E-state index is -4.22. The molecule has 3 aromatic rings. The Kier molecular flexibility index (Phi) is 13.3. The predicted molar refractivity (Wildman–Crippen MR) is 198 cm³/mol. The van der Waals surface area contributed by atoms with Crippen molar-refractivity contribution in [1.29, 1.82) is 0 Å². The number of hydrogen-bond acceptors (Lipinski definition) is 9. The zero-order chi connectivity index (χ0) is 34.0. The fourth-order valence-electron chi connectivity index (χ4n) is 7.16. The number of anilines is 1. The van der Waals surface area contributed by atoms with Crippen LogP contribution in [-0.2, 0) is 17.8 Å². The Morgan fingerprint density at radius 2 is 1.52 bits per heavy atom. The van der Waals surface area contributed by atoms with Crippen LogP contribution in [0.1, 0.15) is 71.1 Å². The summed E-state index contributed by atoms with van der Waals surface area (Å²) in [4.78, 5) is 12.0. The molecule has 2 aromatic carbocycles. The number of ether oxygens (including phenoxy) is 1. The Morgan fingerprint density at radius 3 is 2.19 bits per heavy atom. The number of hydrogen-bond donors (Lipinski definition) is 2. The molecular weight excluding hydrogens is 645 g/mol. The van der Waals surface area contributed by atoms with Crippen LogP contribution in [0, 0.1) is 0 Å². The first-order chi connectivity index (χ1) is 23.3. The topological polar surface area (TPSA) is 103 Å². The number of benzene rings is 2. The van der Waals surface area contributed by atoms with E-state index in [0.717, 1.165) is 88.1 Å². The third kappa shape index (κ3) is 8.77. The molecule has 48 heavy (non-hydrogen) atoms. The highest BCUT2D eigenvalue weighted by Crippen LogP contribution is 2.41. The number of thiol groups is 1. The molecule has 0 aliphatic carbocycles. The molecule has 3 heterocycles. The molecule has 266 valence electrons. The second-order valence-corrected chi connectivity index (χ2v) is 20.6. The van der Waals surface area contributed by atoms with Gasteiger partial charge >= 0.3 is 0 Å². The molecule has 9 nitrogen and oxygen atoms in total. The van der Waals surface area contributed by atoms with Crippen LogP contribution in [0.4, 0.5) is 5.69 Å². The molecule has 11 heteroatoms. The maximum Gasteiger partial charge on any atom is 0.238 e. The lowest BCUT2D eigenvalue weighted by Crippen LogP contribution is -2.53. The van der Waals surface area contributed by atoms with Gasteiger partial charge in [-0.15, -0.1) is 0 Å². The van der Waals surface area contributed by atoms with Crippen molar-refractivity contribution in [3.8, 4) is 5.75 Å². The predicted octanol–water partition coefficient (Wildman–Crippen LogP) is 5.73. The second-order valence-electron chi connectivity index (χ2n) is 13.4. The fraction of sp³-hybridized carbons (Fsp3) is 0.595. The van der Waals surface area contributed by atoms with Gasteiger partial charge in [0, 0.05) is 78.7 Å². The summed E-state index contributed by atoms with van der Waals surface area (Å²) in [5, 5.41) is 10.1. The van der Waals surface area contributed by atoms with Crippen molar-refractivity contribution in [3.05, 3.63) is 54.7 Å². The number of aromatic nitrogens is 1. The van der Waals surface area contributed by atoms with Gasteiger partial charge in [0.2, 0.25) is 8.87 Å². The number of pyridine rings is 1. The summed E-state index contributed by atoms with van der Waals surface area (Å²) in [7, 11) is -8.22. The lowest BCUT2D eigenvalue weighted by atomic mass is 10.0. The normalized spacial score (nSPS) is 17.6. The summed E-state index contributed by atoms with van der Waals surface area (Å²) in [5.74, 6) is 0.619. The maximum atomic E-state index is 14.7. The molecule has 0 saturated carbocycles. The first-order valence-electron chi connectivity index (χ1n) is 18.0. The number of rotatable bonds is 17. The first-order valence-corrected chi connectivity index (χ1v) is 22.3. The van der Waals surface area contributed by atoms with Gasteiger partial charge in [-0.05, 0) is 49.6 Å². The lowest BCUT2D eigenvalue weighted by Gasteiger charge is -2.43. The third-order valence-electron chi connectivity index (χ3n) is 10.1. The van der Waals surface area contributed by atoms with E-state index < -0.39 is 17.8 Å². The number of unbranched alkanes of at least 4 members (excludes halogenated alkanes) is 7. The molecular formula is C37H56N4O5S2. The molecule has 1 aromatic heterocycles. The van der Waals surface area contributed by atoms with Crippen molar-refractivity contribution in [1.82, 2.24) is 14.8 Å². The Labute approximate surface area is 288 Å². The molecule has 2 aliphatic rings. The van der Waals surface area contributed by atoms with Crippen LogP contribution in [0.25, 0.3) is 10.9 Å². The van der Waals surface area contributed by atoms with E-state index in [0.29, 0.717) is 23.3 Å². The quantitative estimate of drug-likeness (QED) is 0.104. The Bertz CT molecular complexity index is 1600. The van der Waals surface area contributed by atoms with Crippen molar-refractivity contribution in [2.45, 2.75) is 87.0 Å². The van der Waals surface area contributed by atoms with Crippen LogP contribution < -0.4 is 9.64 Å². The smallest absolute Gasteiger partial charge is 0.238 e. The zero-order valence-corrected chi connectivity index (χ0v) is 30.6. The summed E-state index contributed by atoms with van der Waals surface area (Å²) in [5.41, 5.74) is 1.49. The van der Waals surface area contributed by atoms with E-state index in [1.54, 1.807) is 12.1 Å². The maximum absolute atomic E-state index is 14.7. The van der Waals surface area contributed by atoms with Gasteiger partial charge in [-0.25, -0.2) is 8.42 Å². The van der Waals surface area contributed by atoms with Gasteiger partial charge in [-0.1, -0.05) is 70.1 Å². The molecule has 0 spiro atoms. The van der Waals surface area contributed by atoms with Crippen molar-refractivity contribution in [2.24, 2.45) is 0 Å². The number of fused-ring (bicyclic) bond motifs is 1. The molecule has 0 unspecified atom stereocenters. The third-order valence-corrected chi connectivity index (χ3v) is 17.1. The molecule has 0 radical (unpaired) electrons. The van der Waals surface area contributed by atoms with E-state index >= 15 is 0 Å². The number of piperidine rings is 1. The van der Waals surface area contributed by atoms with Gasteiger partial charge in [0.05, 0.1) is 34.2 Å². The number of aliphatic hydroxyl groups is 1. The van der Waals surface area contributed by atoms with Crippen LogP contribution >= 0.6 is 0 Å².